The largest absolute Gasteiger partial charge is 0.379 e. The molecule has 0 saturated carbocycles. The molecule has 0 aromatic heterocycles. The zero-order chi connectivity index (χ0) is 21.6. The molecule has 0 bridgehead atoms. The summed E-state index contributed by atoms with van der Waals surface area (Å²) >= 11 is 0. The smallest absolute Gasteiger partial charge is 0.251 e. The Kier molecular flexibility index (Phi) is 7.25. The van der Waals surface area contributed by atoms with Crippen molar-refractivity contribution in [3.63, 3.8) is 0 Å². The van der Waals surface area contributed by atoms with Crippen molar-refractivity contribution in [2.45, 2.75) is 23.8 Å². The molecule has 1 heterocycles. The molecule has 1 amide bonds. The third kappa shape index (κ3) is 4.73. The molecule has 1 N–H and O–H groups in total. The minimum absolute atomic E-state index is 0.171. The standard InChI is InChI=1S/C22H28N2O5S/c1-3-22(28-2,19-7-5-4-6-8-19)17-23-21(25)18-9-11-20(12-10-18)30(26,27)24-13-15-29-16-14-24/h4-12H,3,13-17H2,1-2H3,(H,23,25). The van der Waals surface area contributed by atoms with Crippen molar-refractivity contribution in [2.75, 3.05) is 40.0 Å². The van der Waals surface area contributed by atoms with Gasteiger partial charge >= 0.3 is 0 Å². The van der Waals surface area contributed by atoms with Crippen molar-refractivity contribution in [2.24, 2.45) is 0 Å². The number of morpholine rings is 1. The summed E-state index contributed by atoms with van der Waals surface area (Å²) in [5.41, 5.74) is 0.753. The van der Waals surface area contributed by atoms with E-state index in [-0.39, 0.29) is 10.8 Å². The van der Waals surface area contributed by atoms with Gasteiger partial charge in [0, 0.05) is 25.8 Å². The van der Waals surface area contributed by atoms with Gasteiger partial charge in [-0.3, -0.25) is 4.79 Å². The highest BCUT2D eigenvalue weighted by Crippen LogP contribution is 2.28. The van der Waals surface area contributed by atoms with Crippen LogP contribution in [0.5, 0.6) is 0 Å². The van der Waals surface area contributed by atoms with E-state index in [2.05, 4.69) is 5.32 Å². The molecule has 0 radical (unpaired) electrons. The molecule has 1 fully saturated rings. The summed E-state index contributed by atoms with van der Waals surface area (Å²) in [4.78, 5) is 12.8. The molecule has 7 nitrogen and oxygen atoms in total. The summed E-state index contributed by atoms with van der Waals surface area (Å²) < 4.78 is 37.8. The van der Waals surface area contributed by atoms with E-state index in [1.165, 1.54) is 28.6 Å². The van der Waals surface area contributed by atoms with Crippen LogP contribution in [0.2, 0.25) is 0 Å². The van der Waals surface area contributed by atoms with Gasteiger partial charge in [-0.25, -0.2) is 8.42 Å². The maximum absolute atomic E-state index is 12.7. The number of sulfonamides is 1. The predicted molar refractivity (Wildman–Crippen MR) is 114 cm³/mol. The van der Waals surface area contributed by atoms with Crippen LogP contribution in [0.3, 0.4) is 0 Å². The fourth-order valence-electron chi connectivity index (χ4n) is 3.55. The molecule has 1 atom stereocenters. The summed E-state index contributed by atoms with van der Waals surface area (Å²) in [5.74, 6) is -0.281. The summed E-state index contributed by atoms with van der Waals surface area (Å²) in [5, 5.41) is 2.92. The van der Waals surface area contributed by atoms with E-state index in [4.69, 9.17) is 9.47 Å². The van der Waals surface area contributed by atoms with Gasteiger partial charge in [-0.15, -0.1) is 0 Å². The number of hydrogen-bond acceptors (Lipinski definition) is 5. The predicted octanol–water partition coefficient (Wildman–Crippen LogP) is 2.39. The number of carbonyl (C=O) groups is 1. The Balaban J connectivity index is 1.70. The minimum Gasteiger partial charge on any atom is -0.379 e. The van der Waals surface area contributed by atoms with Gasteiger partial charge in [0.2, 0.25) is 10.0 Å². The fraction of sp³-hybridized carbons (Fsp3) is 0.409. The van der Waals surface area contributed by atoms with Crippen LogP contribution in [0.4, 0.5) is 0 Å². The highest BCUT2D eigenvalue weighted by molar-refractivity contribution is 7.89. The lowest BCUT2D eigenvalue weighted by Gasteiger charge is -2.32. The molecule has 30 heavy (non-hydrogen) atoms. The van der Waals surface area contributed by atoms with E-state index < -0.39 is 15.6 Å². The third-order valence-corrected chi connectivity index (χ3v) is 7.43. The molecule has 0 aliphatic carbocycles. The number of methoxy groups -OCH3 is 1. The molecule has 2 aromatic rings. The monoisotopic (exact) mass is 432 g/mol. The van der Waals surface area contributed by atoms with Crippen molar-refractivity contribution in [1.82, 2.24) is 9.62 Å². The molecular weight excluding hydrogens is 404 g/mol. The summed E-state index contributed by atoms with van der Waals surface area (Å²) in [7, 11) is -1.95. The Hall–Kier alpha value is -2.26. The van der Waals surface area contributed by atoms with Crippen LogP contribution < -0.4 is 5.32 Å². The van der Waals surface area contributed by atoms with E-state index >= 15 is 0 Å². The molecule has 162 valence electrons. The molecule has 3 rings (SSSR count). The maximum Gasteiger partial charge on any atom is 0.251 e. The van der Waals surface area contributed by atoms with Gasteiger partial charge in [0.1, 0.15) is 5.60 Å². The quantitative estimate of drug-likeness (QED) is 0.692. The number of benzene rings is 2. The Morgan fingerprint density at radius 3 is 2.30 bits per heavy atom. The molecule has 1 saturated heterocycles. The highest BCUT2D eigenvalue weighted by Gasteiger charge is 2.31. The second-order valence-electron chi connectivity index (χ2n) is 7.14. The zero-order valence-electron chi connectivity index (χ0n) is 17.3. The normalized spacial score (nSPS) is 17.3. The molecule has 0 spiro atoms. The van der Waals surface area contributed by atoms with Crippen molar-refractivity contribution in [3.05, 3.63) is 65.7 Å². The first kappa shape index (κ1) is 22.4. The van der Waals surface area contributed by atoms with Crippen molar-refractivity contribution < 1.29 is 22.7 Å². The SMILES string of the molecule is CCC(CNC(=O)c1ccc(S(=O)(=O)N2CCOCC2)cc1)(OC)c1ccccc1. The number of amides is 1. The second kappa shape index (κ2) is 9.70. The van der Waals surface area contributed by atoms with Gasteiger partial charge in [-0.05, 0) is 36.2 Å². The van der Waals surface area contributed by atoms with Gasteiger partial charge in [-0.2, -0.15) is 4.31 Å². The van der Waals surface area contributed by atoms with Gasteiger partial charge < -0.3 is 14.8 Å². The molecule has 1 unspecified atom stereocenters. The topological polar surface area (TPSA) is 84.9 Å². The van der Waals surface area contributed by atoms with Crippen molar-refractivity contribution in [1.29, 1.82) is 0 Å². The summed E-state index contributed by atoms with van der Waals surface area (Å²) in [6.45, 7) is 3.75. The summed E-state index contributed by atoms with van der Waals surface area (Å²) in [6.07, 6.45) is 0.685. The minimum atomic E-state index is -3.58. The van der Waals surface area contributed by atoms with Crippen LogP contribution in [-0.2, 0) is 25.1 Å². The Bertz CT molecular complexity index is 935. The van der Waals surface area contributed by atoms with Crippen LogP contribution in [0.1, 0.15) is 29.3 Å². The van der Waals surface area contributed by atoms with Crippen LogP contribution in [0.15, 0.2) is 59.5 Å². The Morgan fingerprint density at radius 2 is 1.73 bits per heavy atom. The average molecular weight is 433 g/mol. The highest BCUT2D eigenvalue weighted by atomic mass is 32.2. The van der Waals surface area contributed by atoms with E-state index in [1.54, 1.807) is 7.11 Å². The Labute approximate surface area is 178 Å². The Morgan fingerprint density at radius 1 is 1.10 bits per heavy atom. The van der Waals surface area contributed by atoms with E-state index in [0.29, 0.717) is 44.8 Å². The fourth-order valence-corrected chi connectivity index (χ4v) is 4.95. The number of nitrogens with zero attached hydrogens (tertiary/aromatic N) is 1. The van der Waals surface area contributed by atoms with Crippen LogP contribution in [-0.4, -0.2) is 58.6 Å². The van der Waals surface area contributed by atoms with Gasteiger partial charge in [-0.1, -0.05) is 37.3 Å². The van der Waals surface area contributed by atoms with Crippen LogP contribution in [0, 0.1) is 0 Å². The number of ether oxygens (including phenoxy) is 2. The molecular formula is C22H28N2O5S. The molecule has 2 aromatic carbocycles. The molecule has 1 aliphatic heterocycles. The molecule has 8 heteroatoms. The lowest BCUT2D eigenvalue weighted by Crippen LogP contribution is -2.42. The lowest BCUT2D eigenvalue weighted by atomic mass is 9.90. The number of hydrogen-bond donors (Lipinski definition) is 1. The van der Waals surface area contributed by atoms with Crippen molar-refractivity contribution in [3.8, 4) is 0 Å². The van der Waals surface area contributed by atoms with Gasteiger partial charge in [0.05, 0.1) is 24.7 Å². The molecule has 1 aliphatic rings. The first-order valence-electron chi connectivity index (χ1n) is 10.00. The third-order valence-electron chi connectivity index (χ3n) is 5.52. The first-order valence-corrected chi connectivity index (χ1v) is 11.4. The first-order chi connectivity index (χ1) is 14.4. The summed E-state index contributed by atoms with van der Waals surface area (Å²) in [6, 6.07) is 15.8. The average Bonchev–Trinajstić information content (AvgIpc) is 2.81. The zero-order valence-corrected chi connectivity index (χ0v) is 18.2. The van der Waals surface area contributed by atoms with E-state index in [9.17, 15) is 13.2 Å². The van der Waals surface area contributed by atoms with Gasteiger partial charge in [0.25, 0.3) is 5.91 Å². The second-order valence-corrected chi connectivity index (χ2v) is 9.08. The lowest BCUT2D eigenvalue weighted by molar-refractivity contribution is -0.0164. The van der Waals surface area contributed by atoms with Crippen molar-refractivity contribution >= 4 is 15.9 Å². The maximum atomic E-state index is 12.7. The number of rotatable bonds is 8. The van der Waals surface area contributed by atoms with E-state index in [0.717, 1.165) is 5.56 Å². The van der Waals surface area contributed by atoms with Crippen LogP contribution in [0.25, 0.3) is 0 Å². The van der Waals surface area contributed by atoms with Gasteiger partial charge in [0.15, 0.2) is 0 Å². The van der Waals surface area contributed by atoms with Crippen LogP contribution >= 0.6 is 0 Å². The van der Waals surface area contributed by atoms with E-state index in [1.807, 2.05) is 37.3 Å². The number of nitrogens with one attached hydrogen (secondary N) is 1. The number of carbonyl (C=O) groups excluding carboxylic acids is 1.